The minimum absolute atomic E-state index is 0.113. The van der Waals surface area contributed by atoms with Crippen LogP contribution >= 0.6 is 22.4 Å². The lowest BCUT2D eigenvalue weighted by molar-refractivity contribution is 0.591. The zero-order valence-corrected chi connectivity index (χ0v) is 7.99. The molecule has 2 rings (SSSR count). The van der Waals surface area contributed by atoms with Crippen molar-refractivity contribution >= 4 is 31.5 Å². The Hall–Kier alpha value is 0.330. The lowest BCUT2D eigenvalue weighted by Crippen LogP contribution is -2.24. The van der Waals surface area contributed by atoms with E-state index in [0.29, 0.717) is 11.7 Å². The molecule has 2 bridgehead atoms. The van der Waals surface area contributed by atoms with Gasteiger partial charge in [0, 0.05) is 21.2 Å². The fourth-order valence-corrected chi connectivity index (χ4v) is 5.22. The van der Waals surface area contributed by atoms with Crippen LogP contribution in [-0.2, 0) is 9.05 Å². The highest BCUT2D eigenvalue weighted by Gasteiger charge is 2.43. The van der Waals surface area contributed by atoms with Gasteiger partial charge >= 0.3 is 0 Å². The second kappa shape index (κ2) is 2.41. The molecule has 0 spiro atoms. The van der Waals surface area contributed by atoms with Gasteiger partial charge in [-0.1, -0.05) is 12.2 Å². The molecule has 0 amide bonds. The van der Waals surface area contributed by atoms with E-state index in [-0.39, 0.29) is 10.5 Å². The first-order valence-electron chi connectivity index (χ1n) is 3.34. The molecule has 5 heteroatoms. The predicted octanol–water partition coefficient (Wildman–Crippen LogP) is 1.37. The van der Waals surface area contributed by atoms with Crippen molar-refractivity contribution in [2.75, 3.05) is 0 Å². The highest BCUT2D eigenvalue weighted by molar-refractivity contribution is 8.15. The molecule has 2 aliphatic heterocycles. The third-order valence-corrected chi connectivity index (χ3v) is 5.61. The summed E-state index contributed by atoms with van der Waals surface area (Å²) in [4.78, 5) is 0. The van der Waals surface area contributed by atoms with Crippen LogP contribution in [-0.4, -0.2) is 24.2 Å². The highest BCUT2D eigenvalue weighted by atomic mass is 35.7. The third-order valence-electron chi connectivity index (χ3n) is 2.04. The Kier molecular flexibility index (Phi) is 1.74. The molecule has 0 saturated carbocycles. The lowest BCUT2D eigenvalue weighted by Gasteiger charge is -2.11. The number of hydrogen-bond donors (Lipinski definition) is 0. The van der Waals surface area contributed by atoms with Gasteiger partial charge in [0.1, 0.15) is 0 Å². The number of hydrogen-bond acceptors (Lipinski definition) is 3. The summed E-state index contributed by atoms with van der Waals surface area (Å²) < 4.78 is 21.9. The Bertz CT molecular complexity index is 296. The Morgan fingerprint density at radius 3 is 2.45 bits per heavy atom. The SMILES string of the molecule is O=S(=O)(Cl)C1CC2C=CC1S2. The molecule has 2 heterocycles. The first-order chi connectivity index (χ1) is 5.07. The van der Waals surface area contributed by atoms with Crippen LogP contribution in [0.4, 0.5) is 0 Å². The van der Waals surface area contributed by atoms with E-state index in [4.69, 9.17) is 10.7 Å². The van der Waals surface area contributed by atoms with Crippen molar-refractivity contribution in [1.82, 2.24) is 0 Å². The van der Waals surface area contributed by atoms with Gasteiger partial charge in [0.25, 0.3) is 0 Å². The highest BCUT2D eigenvalue weighted by Crippen LogP contribution is 2.44. The number of thioether (sulfide) groups is 1. The van der Waals surface area contributed by atoms with E-state index in [1.807, 2.05) is 6.08 Å². The summed E-state index contributed by atoms with van der Waals surface area (Å²) in [6.07, 6.45) is 4.70. The van der Waals surface area contributed by atoms with Crippen molar-refractivity contribution in [2.24, 2.45) is 0 Å². The topological polar surface area (TPSA) is 34.1 Å². The smallest absolute Gasteiger partial charge is 0.212 e. The maximum absolute atomic E-state index is 10.9. The number of halogens is 1. The summed E-state index contributed by atoms with van der Waals surface area (Å²) >= 11 is 1.69. The van der Waals surface area contributed by atoms with Gasteiger partial charge < -0.3 is 0 Å². The van der Waals surface area contributed by atoms with E-state index in [2.05, 4.69) is 6.08 Å². The normalized spacial score (nSPS) is 41.7. The van der Waals surface area contributed by atoms with Gasteiger partial charge in [0.15, 0.2) is 0 Å². The second-order valence-electron chi connectivity index (χ2n) is 2.77. The van der Waals surface area contributed by atoms with Crippen LogP contribution < -0.4 is 0 Å². The molecule has 0 aromatic carbocycles. The first-order valence-corrected chi connectivity index (χ1v) is 6.66. The molecule has 0 N–H and O–H groups in total. The van der Waals surface area contributed by atoms with E-state index in [1.165, 1.54) is 0 Å². The fraction of sp³-hybridized carbons (Fsp3) is 0.667. The summed E-state index contributed by atoms with van der Waals surface area (Å²) in [6, 6.07) is 0. The van der Waals surface area contributed by atoms with Gasteiger partial charge in [-0.25, -0.2) is 8.42 Å². The minimum atomic E-state index is -3.33. The van der Waals surface area contributed by atoms with Crippen molar-refractivity contribution in [3.05, 3.63) is 12.2 Å². The largest absolute Gasteiger partial charge is 0.236 e. The van der Waals surface area contributed by atoms with Crippen molar-refractivity contribution in [3.63, 3.8) is 0 Å². The summed E-state index contributed by atoms with van der Waals surface area (Å²) in [5.41, 5.74) is 0. The average molecular weight is 211 g/mol. The zero-order valence-electron chi connectivity index (χ0n) is 5.60. The van der Waals surface area contributed by atoms with Gasteiger partial charge in [-0.2, -0.15) is 0 Å². The molecule has 3 atom stereocenters. The van der Waals surface area contributed by atoms with Crippen molar-refractivity contribution in [2.45, 2.75) is 22.2 Å². The standard InChI is InChI=1S/C6H7ClO2S2/c7-11(8,9)6-3-4-1-2-5(6)10-4/h1-2,4-6H,3H2. The Morgan fingerprint density at radius 2 is 2.18 bits per heavy atom. The van der Waals surface area contributed by atoms with Crippen LogP contribution in [0.1, 0.15) is 6.42 Å². The van der Waals surface area contributed by atoms with E-state index < -0.39 is 9.05 Å². The molecule has 11 heavy (non-hydrogen) atoms. The van der Waals surface area contributed by atoms with Gasteiger partial charge in [-0.15, -0.1) is 11.8 Å². The molecule has 3 unspecified atom stereocenters. The molecule has 1 saturated heterocycles. The van der Waals surface area contributed by atoms with Crippen LogP contribution in [0.25, 0.3) is 0 Å². The lowest BCUT2D eigenvalue weighted by atomic mass is 10.1. The van der Waals surface area contributed by atoms with Gasteiger partial charge in [-0.05, 0) is 6.42 Å². The molecule has 2 nitrogen and oxygen atoms in total. The zero-order chi connectivity index (χ0) is 8.06. The number of rotatable bonds is 1. The van der Waals surface area contributed by atoms with E-state index in [0.717, 1.165) is 0 Å². The maximum atomic E-state index is 10.9. The van der Waals surface area contributed by atoms with Crippen LogP contribution in [0, 0.1) is 0 Å². The van der Waals surface area contributed by atoms with Crippen molar-refractivity contribution in [1.29, 1.82) is 0 Å². The van der Waals surface area contributed by atoms with Gasteiger partial charge in [0.2, 0.25) is 9.05 Å². The van der Waals surface area contributed by atoms with E-state index >= 15 is 0 Å². The Morgan fingerprint density at radius 1 is 1.45 bits per heavy atom. The molecule has 0 aromatic rings. The van der Waals surface area contributed by atoms with Crippen molar-refractivity contribution < 1.29 is 8.42 Å². The molecule has 0 aliphatic carbocycles. The second-order valence-corrected chi connectivity index (χ2v) is 7.04. The molecular formula is C6H7ClO2S2. The average Bonchev–Trinajstić information content (AvgIpc) is 2.42. The molecule has 62 valence electrons. The minimum Gasteiger partial charge on any atom is -0.212 e. The first kappa shape index (κ1) is 7.95. The van der Waals surface area contributed by atoms with Gasteiger partial charge in [-0.3, -0.25) is 0 Å². The quantitative estimate of drug-likeness (QED) is 0.484. The van der Waals surface area contributed by atoms with Crippen LogP contribution in [0.3, 0.4) is 0 Å². The third kappa shape index (κ3) is 1.32. The van der Waals surface area contributed by atoms with E-state index in [1.54, 1.807) is 11.8 Å². The summed E-state index contributed by atoms with van der Waals surface area (Å²) in [5, 5.41) is 0.158. The van der Waals surface area contributed by atoms with Crippen LogP contribution in [0.5, 0.6) is 0 Å². The summed E-state index contributed by atoms with van der Waals surface area (Å²) in [5.74, 6) is 0. The Labute approximate surface area is 74.4 Å². The molecule has 1 fully saturated rings. The van der Waals surface area contributed by atoms with E-state index in [9.17, 15) is 8.42 Å². The number of fused-ring (bicyclic) bond motifs is 2. The summed E-state index contributed by atoms with van der Waals surface area (Å²) in [6.45, 7) is 0. The molecule has 0 aromatic heterocycles. The van der Waals surface area contributed by atoms with Crippen molar-refractivity contribution in [3.8, 4) is 0 Å². The monoisotopic (exact) mass is 210 g/mol. The molecule has 0 radical (unpaired) electrons. The van der Waals surface area contributed by atoms with Crippen LogP contribution in [0.2, 0.25) is 0 Å². The predicted molar refractivity (Wildman–Crippen MR) is 47.5 cm³/mol. The van der Waals surface area contributed by atoms with Crippen LogP contribution in [0.15, 0.2) is 12.2 Å². The molecule has 2 aliphatic rings. The summed E-state index contributed by atoms with van der Waals surface area (Å²) in [7, 11) is 1.93. The Balaban J connectivity index is 2.28. The molecular weight excluding hydrogens is 204 g/mol. The van der Waals surface area contributed by atoms with Gasteiger partial charge in [0.05, 0.1) is 5.25 Å². The maximum Gasteiger partial charge on any atom is 0.236 e. The fourth-order valence-electron chi connectivity index (χ4n) is 1.51.